The highest BCUT2D eigenvalue weighted by Crippen LogP contribution is 2.46. The summed E-state index contributed by atoms with van der Waals surface area (Å²) in [7, 11) is 0. The highest BCUT2D eigenvalue weighted by Gasteiger charge is 2.35. The summed E-state index contributed by atoms with van der Waals surface area (Å²) in [6.07, 6.45) is 0.840. The number of aliphatic imine (C=N–C) groups is 2. The van der Waals surface area contributed by atoms with Crippen LogP contribution in [0.2, 0.25) is 0 Å². The first-order chi connectivity index (χ1) is 30.7. The monoisotopic (exact) mass is 793 g/mol. The van der Waals surface area contributed by atoms with Gasteiger partial charge in [0.25, 0.3) is 0 Å². The van der Waals surface area contributed by atoms with Crippen LogP contribution in [0.1, 0.15) is 36.1 Å². The maximum absolute atomic E-state index is 7.11. The smallest absolute Gasteiger partial charge is 0.155 e. The zero-order valence-corrected chi connectivity index (χ0v) is 34.1. The maximum Gasteiger partial charge on any atom is 0.155 e. The van der Waals surface area contributed by atoms with Crippen LogP contribution in [0.3, 0.4) is 0 Å². The number of furan rings is 1. The van der Waals surface area contributed by atoms with E-state index in [1.165, 1.54) is 59.4 Å². The van der Waals surface area contributed by atoms with Gasteiger partial charge in [-0.2, -0.15) is 0 Å². The highest BCUT2D eigenvalue weighted by molar-refractivity contribution is 6.26. The van der Waals surface area contributed by atoms with Crippen LogP contribution >= 0.6 is 0 Å². The molecule has 2 unspecified atom stereocenters. The molecule has 1 aliphatic heterocycles. The number of rotatable bonds is 5. The molecule has 292 valence electrons. The second-order valence-corrected chi connectivity index (χ2v) is 16.7. The zero-order valence-electron chi connectivity index (χ0n) is 34.1. The van der Waals surface area contributed by atoms with Crippen molar-refractivity contribution in [2.75, 3.05) is 0 Å². The molecule has 0 fully saturated rings. The van der Waals surface area contributed by atoms with Gasteiger partial charge in [0.05, 0.1) is 33.9 Å². The first kappa shape index (κ1) is 35.0. The van der Waals surface area contributed by atoms with Crippen LogP contribution in [0.5, 0.6) is 0 Å². The normalized spacial score (nSPS) is 15.8. The lowest BCUT2D eigenvalue weighted by Crippen LogP contribution is -2.28. The Morgan fingerprint density at radius 3 is 1.97 bits per heavy atom. The lowest BCUT2D eigenvalue weighted by Gasteiger charge is -2.31. The number of amidine groups is 1. The zero-order chi connectivity index (χ0) is 40.9. The van der Waals surface area contributed by atoms with Crippen LogP contribution in [0.4, 0.5) is 0 Å². The van der Waals surface area contributed by atoms with Crippen molar-refractivity contribution >= 4 is 98.4 Å². The van der Waals surface area contributed by atoms with Crippen LogP contribution in [0, 0.1) is 5.92 Å². The first-order valence-electron chi connectivity index (χ1n) is 21.6. The van der Waals surface area contributed by atoms with Crippen molar-refractivity contribution in [3.63, 3.8) is 0 Å². The molecule has 12 aromatic rings. The van der Waals surface area contributed by atoms with Gasteiger partial charge in [-0.3, -0.25) is 4.99 Å². The molecule has 0 amide bonds. The Kier molecular flexibility index (Phi) is 7.67. The Bertz CT molecular complexity index is 3870. The van der Waals surface area contributed by atoms with E-state index in [1.54, 1.807) is 0 Å². The van der Waals surface area contributed by atoms with E-state index in [0.717, 1.165) is 67.8 Å². The molecule has 0 radical (unpaired) electrons. The lowest BCUT2D eigenvalue weighted by atomic mass is 9.80. The molecule has 3 heterocycles. The van der Waals surface area contributed by atoms with Gasteiger partial charge < -0.3 is 8.98 Å². The molecule has 0 N–H and O–H groups in total. The largest absolute Gasteiger partial charge is 0.455 e. The van der Waals surface area contributed by atoms with Crippen molar-refractivity contribution in [3.05, 3.63) is 211 Å². The van der Waals surface area contributed by atoms with Gasteiger partial charge in [0.1, 0.15) is 11.2 Å². The van der Waals surface area contributed by atoms with E-state index in [4.69, 9.17) is 14.4 Å². The van der Waals surface area contributed by atoms with Gasteiger partial charge in [0.15, 0.2) is 5.84 Å². The highest BCUT2D eigenvalue weighted by atomic mass is 16.3. The van der Waals surface area contributed by atoms with Gasteiger partial charge in [-0.15, -0.1) is 0 Å². The second-order valence-electron chi connectivity index (χ2n) is 16.7. The van der Waals surface area contributed by atoms with E-state index in [1.807, 2.05) is 0 Å². The first-order valence-corrected chi connectivity index (χ1v) is 21.6. The van der Waals surface area contributed by atoms with Crippen molar-refractivity contribution in [1.82, 2.24) is 4.57 Å². The Hall–Kier alpha value is -7.82. The number of fused-ring (bicyclic) bond motifs is 12. The minimum Gasteiger partial charge on any atom is -0.455 e. The standard InChI is InChI=1S/C58H39N3O/c1-2-40-55(59-58(36-17-4-3-5-18-36)60-56(40)47-33-39-21-9-10-22-41(39)43-24-12-13-25-44(43)47)46-29-31-50(54-45-26-14-15-27-52(45)62-57(46)54)61-49-30-28-35-16-8-11-23-42(35)53(49)48-32-37-19-6-7-20-38(37)34-51(48)61/h3-34,40,56H,2H2,1H3. The summed E-state index contributed by atoms with van der Waals surface area (Å²) in [5.41, 5.74) is 9.32. The third-order valence-electron chi connectivity index (χ3n) is 13.4. The molecule has 4 heteroatoms. The fourth-order valence-electron chi connectivity index (χ4n) is 10.5. The van der Waals surface area contributed by atoms with Gasteiger partial charge in [-0.1, -0.05) is 159 Å². The molecule has 1 aliphatic rings. The SMILES string of the molecule is CCC1C(c2ccc(-n3c4cc5ccccc5cc4c4c5ccccc5ccc43)c3c2oc2ccccc23)=NC(c2ccccc2)=NC1c1cc2ccccc2c2ccccc12. The number of hydrogen-bond donors (Lipinski definition) is 0. The molecule has 13 rings (SSSR count). The van der Waals surface area contributed by atoms with E-state index in [9.17, 15) is 0 Å². The van der Waals surface area contributed by atoms with Crippen molar-refractivity contribution in [2.24, 2.45) is 15.9 Å². The minimum absolute atomic E-state index is 0.0275. The topological polar surface area (TPSA) is 42.8 Å². The van der Waals surface area contributed by atoms with E-state index in [2.05, 4.69) is 206 Å². The summed E-state index contributed by atoms with van der Waals surface area (Å²) < 4.78 is 9.58. The fourth-order valence-corrected chi connectivity index (χ4v) is 10.5. The molecule has 0 saturated heterocycles. The quantitative estimate of drug-likeness (QED) is 0.160. The molecular formula is C58H39N3O. The predicted molar refractivity (Wildman–Crippen MR) is 261 cm³/mol. The Balaban J connectivity index is 1.10. The number of benzene rings is 10. The van der Waals surface area contributed by atoms with E-state index in [-0.39, 0.29) is 12.0 Å². The average Bonchev–Trinajstić information content (AvgIpc) is 3.89. The van der Waals surface area contributed by atoms with Crippen molar-refractivity contribution < 1.29 is 4.42 Å². The predicted octanol–water partition coefficient (Wildman–Crippen LogP) is 15.3. The number of aromatic nitrogens is 1. The molecule has 0 aliphatic carbocycles. The van der Waals surface area contributed by atoms with Gasteiger partial charge in [-0.05, 0) is 97.5 Å². The summed E-state index contributed by atoms with van der Waals surface area (Å²) in [5.74, 6) is 0.710. The van der Waals surface area contributed by atoms with Crippen molar-refractivity contribution in [2.45, 2.75) is 19.4 Å². The molecule has 0 saturated carbocycles. The van der Waals surface area contributed by atoms with E-state index in [0.29, 0.717) is 0 Å². The van der Waals surface area contributed by atoms with Crippen LogP contribution in [0.15, 0.2) is 209 Å². The number of para-hydroxylation sites is 1. The maximum atomic E-state index is 7.11. The van der Waals surface area contributed by atoms with E-state index >= 15 is 0 Å². The lowest BCUT2D eigenvalue weighted by molar-refractivity contribution is 0.535. The Morgan fingerprint density at radius 2 is 1.16 bits per heavy atom. The third kappa shape index (κ3) is 5.13. The molecule has 4 nitrogen and oxygen atoms in total. The summed E-state index contributed by atoms with van der Waals surface area (Å²) >= 11 is 0. The molecule has 10 aromatic carbocycles. The van der Waals surface area contributed by atoms with E-state index < -0.39 is 0 Å². The molecule has 62 heavy (non-hydrogen) atoms. The van der Waals surface area contributed by atoms with Crippen LogP contribution in [-0.4, -0.2) is 16.1 Å². The van der Waals surface area contributed by atoms with Gasteiger partial charge in [0.2, 0.25) is 0 Å². The van der Waals surface area contributed by atoms with Gasteiger partial charge in [0, 0.05) is 33.2 Å². The Morgan fingerprint density at radius 1 is 0.500 bits per heavy atom. The third-order valence-corrected chi connectivity index (χ3v) is 13.4. The molecule has 0 spiro atoms. The van der Waals surface area contributed by atoms with Crippen molar-refractivity contribution in [3.8, 4) is 5.69 Å². The summed E-state index contributed by atoms with van der Waals surface area (Å²) in [4.78, 5) is 11.2. The number of nitrogens with zero attached hydrogens (tertiary/aromatic N) is 3. The summed E-state index contributed by atoms with van der Waals surface area (Å²) in [6.45, 7) is 2.27. The second kappa shape index (κ2) is 13.6. The van der Waals surface area contributed by atoms with Gasteiger partial charge in [-0.25, -0.2) is 4.99 Å². The van der Waals surface area contributed by atoms with Crippen molar-refractivity contribution in [1.29, 1.82) is 0 Å². The summed E-state index contributed by atoms with van der Waals surface area (Å²) in [5, 5.41) is 14.5. The molecular weight excluding hydrogens is 755 g/mol. The molecule has 2 aromatic heterocycles. The number of hydrogen-bond acceptors (Lipinski definition) is 3. The van der Waals surface area contributed by atoms with Crippen LogP contribution in [0.25, 0.3) is 92.5 Å². The molecule has 0 bridgehead atoms. The fraction of sp³-hybridized carbons (Fsp3) is 0.0690. The van der Waals surface area contributed by atoms with Crippen LogP contribution < -0.4 is 0 Å². The average molecular weight is 794 g/mol. The van der Waals surface area contributed by atoms with Crippen LogP contribution in [-0.2, 0) is 0 Å². The van der Waals surface area contributed by atoms with Gasteiger partial charge >= 0.3 is 0 Å². The minimum atomic E-state index is -0.185. The molecule has 2 atom stereocenters. The summed E-state index contributed by atoms with van der Waals surface area (Å²) in [6, 6.07) is 69.9. The Labute approximate surface area is 357 Å².